The van der Waals surface area contributed by atoms with Gasteiger partial charge in [-0.25, -0.2) is 0 Å². The quantitative estimate of drug-likeness (QED) is 0.710. The Morgan fingerprint density at radius 2 is 2.29 bits per heavy atom. The number of nitriles is 1. The van der Waals surface area contributed by atoms with Gasteiger partial charge < -0.3 is 4.90 Å². The van der Waals surface area contributed by atoms with Crippen molar-refractivity contribution in [2.24, 2.45) is 5.92 Å². The minimum Gasteiger partial charge on any atom is -0.303 e. The highest BCUT2D eigenvalue weighted by Crippen LogP contribution is 2.35. The molecule has 0 aromatic carbocycles. The van der Waals surface area contributed by atoms with Crippen molar-refractivity contribution in [2.75, 3.05) is 19.6 Å². The van der Waals surface area contributed by atoms with Crippen molar-refractivity contribution < 1.29 is 0 Å². The van der Waals surface area contributed by atoms with Crippen molar-refractivity contribution in [2.45, 2.75) is 38.3 Å². The van der Waals surface area contributed by atoms with Gasteiger partial charge in [-0.15, -0.1) is 0 Å². The largest absolute Gasteiger partial charge is 0.303 e. The molecule has 3 atom stereocenters. The first kappa shape index (κ1) is 9.95. The van der Waals surface area contributed by atoms with Gasteiger partial charge in [-0.1, -0.05) is 0 Å². The molecule has 0 aliphatic carbocycles. The highest BCUT2D eigenvalue weighted by molar-refractivity contribution is 5.16. The first-order valence-electron chi connectivity index (χ1n) is 5.57. The summed E-state index contributed by atoms with van der Waals surface area (Å²) in [5, 5.41) is 12.9. The van der Waals surface area contributed by atoms with Crippen molar-refractivity contribution in [1.82, 2.24) is 10.2 Å². The van der Waals surface area contributed by atoms with Gasteiger partial charge in [0.15, 0.2) is 0 Å². The Bertz CT molecular complexity index is 256. The average Bonchev–Trinajstić information content (AvgIpc) is 2.55. The van der Waals surface area contributed by atoms with Crippen LogP contribution in [-0.2, 0) is 0 Å². The van der Waals surface area contributed by atoms with Crippen molar-refractivity contribution in [3.63, 3.8) is 0 Å². The lowest BCUT2D eigenvalue weighted by Crippen LogP contribution is -2.57. The van der Waals surface area contributed by atoms with Crippen LogP contribution in [-0.4, -0.2) is 36.1 Å². The van der Waals surface area contributed by atoms with E-state index in [4.69, 9.17) is 0 Å². The minimum atomic E-state index is -0.235. The molecule has 3 nitrogen and oxygen atoms in total. The van der Waals surface area contributed by atoms with E-state index < -0.39 is 0 Å². The summed E-state index contributed by atoms with van der Waals surface area (Å²) in [5.74, 6) is 0.545. The van der Waals surface area contributed by atoms with E-state index in [0.717, 1.165) is 19.5 Å². The lowest BCUT2D eigenvalue weighted by molar-refractivity contribution is 0.166. The molecule has 0 spiro atoms. The molecule has 2 rings (SSSR count). The zero-order valence-corrected chi connectivity index (χ0v) is 9.08. The molecule has 0 aromatic rings. The topological polar surface area (TPSA) is 39.1 Å². The van der Waals surface area contributed by atoms with Crippen LogP contribution in [0.2, 0.25) is 0 Å². The number of nitrogens with one attached hydrogen (secondary N) is 1. The normalized spacial score (nSPS) is 41.3. The van der Waals surface area contributed by atoms with E-state index >= 15 is 0 Å². The molecular weight excluding hydrogens is 174 g/mol. The van der Waals surface area contributed by atoms with Gasteiger partial charge >= 0.3 is 0 Å². The molecule has 0 saturated carbocycles. The van der Waals surface area contributed by atoms with Crippen LogP contribution in [0.4, 0.5) is 0 Å². The summed E-state index contributed by atoms with van der Waals surface area (Å²) in [6.07, 6.45) is 2.18. The maximum Gasteiger partial charge on any atom is 0.112 e. The molecule has 2 aliphatic rings. The third kappa shape index (κ3) is 1.53. The van der Waals surface area contributed by atoms with Crippen LogP contribution in [0, 0.1) is 17.2 Å². The molecule has 3 heteroatoms. The van der Waals surface area contributed by atoms with Gasteiger partial charge in [0.2, 0.25) is 0 Å². The molecule has 0 amide bonds. The molecule has 0 radical (unpaired) electrons. The van der Waals surface area contributed by atoms with E-state index in [0.29, 0.717) is 12.0 Å². The van der Waals surface area contributed by atoms with Crippen LogP contribution in [0.15, 0.2) is 0 Å². The van der Waals surface area contributed by atoms with E-state index in [-0.39, 0.29) is 5.54 Å². The van der Waals surface area contributed by atoms with E-state index in [2.05, 4.69) is 30.1 Å². The first-order valence-corrected chi connectivity index (χ1v) is 5.57. The summed E-state index contributed by atoms with van der Waals surface area (Å²) < 4.78 is 0. The van der Waals surface area contributed by atoms with E-state index in [9.17, 15) is 5.26 Å². The number of hydrogen-bond donors (Lipinski definition) is 1. The summed E-state index contributed by atoms with van der Waals surface area (Å²) in [4.78, 5) is 2.47. The van der Waals surface area contributed by atoms with Crippen LogP contribution in [0.3, 0.4) is 0 Å². The van der Waals surface area contributed by atoms with Gasteiger partial charge in [0.05, 0.1) is 6.07 Å². The number of hydrogen-bond acceptors (Lipinski definition) is 3. The summed E-state index contributed by atoms with van der Waals surface area (Å²) in [7, 11) is 0. The molecule has 2 bridgehead atoms. The summed E-state index contributed by atoms with van der Waals surface area (Å²) >= 11 is 0. The molecule has 0 aromatic heterocycles. The Morgan fingerprint density at radius 3 is 2.93 bits per heavy atom. The Hall–Kier alpha value is -0.590. The summed E-state index contributed by atoms with van der Waals surface area (Å²) in [6, 6.07) is 2.94. The van der Waals surface area contributed by atoms with Crippen LogP contribution in [0.1, 0.15) is 26.7 Å². The van der Waals surface area contributed by atoms with Crippen molar-refractivity contribution in [3.05, 3.63) is 0 Å². The molecule has 2 saturated heterocycles. The van der Waals surface area contributed by atoms with Gasteiger partial charge in [0.25, 0.3) is 0 Å². The fraction of sp³-hybridized carbons (Fsp3) is 0.909. The number of nitrogens with zero attached hydrogens (tertiary/aromatic N) is 2. The summed E-state index contributed by atoms with van der Waals surface area (Å²) in [6.45, 7) is 7.64. The molecule has 2 fully saturated rings. The van der Waals surface area contributed by atoms with Gasteiger partial charge in [0, 0.05) is 25.0 Å². The Kier molecular flexibility index (Phi) is 2.50. The number of rotatable bonds is 2. The summed E-state index contributed by atoms with van der Waals surface area (Å²) in [5.41, 5.74) is -0.235. The van der Waals surface area contributed by atoms with Crippen molar-refractivity contribution in [3.8, 4) is 6.07 Å². The highest BCUT2D eigenvalue weighted by atomic mass is 15.2. The monoisotopic (exact) mass is 193 g/mol. The van der Waals surface area contributed by atoms with Gasteiger partial charge in [-0.2, -0.15) is 5.26 Å². The van der Waals surface area contributed by atoms with Gasteiger partial charge in [0.1, 0.15) is 5.54 Å². The second kappa shape index (κ2) is 3.52. The third-order valence-electron chi connectivity index (χ3n) is 3.54. The Labute approximate surface area is 86.1 Å². The predicted molar refractivity (Wildman–Crippen MR) is 55.8 cm³/mol. The maximum atomic E-state index is 9.38. The fourth-order valence-corrected chi connectivity index (χ4v) is 2.86. The van der Waals surface area contributed by atoms with Gasteiger partial charge in [-0.3, -0.25) is 5.32 Å². The first-order chi connectivity index (χ1) is 6.66. The second-order valence-electron chi connectivity index (χ2n) is 4.92. The number of fused-ring (bicyclic) bond motifs is 2. The van der Waals surface area contributed by atoms with Crippen LogP contribution in [0.25, 0.3) is 0 Å². The molecule has 1 N–H and O–H groups in total. The average molecular weight is 193 g/mol. The molecular formula is C11H19N3. The molecule has 3 unspecified atom stereocenters. The van der Waals surface area contributed by atoms with Crippen molar-refractivity contribution >= 4 is 0 Å². The standard InChI is InChI=1S/C11H19N3/c1-9(2)13-11(8-12)4-6-14-5-3-10(11)7-14/h9-10,13H,3-7H2,1-2H3. The van der Waals surface area contributed by atoms with Crippen LogP contribution in [0.5, 0.6) is 0 Å². The fourth-order valence-electron chi connectivity index (χ4n) is 2.86. The molecule has 2 heterocycles. The van der Waals surface area contributed by atoms with E-state index in [1.54, 1.807) is 0 Å². The lowest BCUT2D eigenvalue weighted by atomic mass is 9.79. The molecule has 14 heavy (non-hydrogen) atoms. The predicted octanol–water partition coefficient (Wildman–Crippen LogP) is 0.972. The smallest absolute Gasteiger partial charge is 0.112 e. The zero-order chi connectivity index (χ0) is 10.2. The Morgan fingerprint density at radius 1 is 1.50 bits per heavy atom. The highest BCUT2D eigenvalue weighted by Gasteiger charge is 2.46. The van der Waals surface area contributed by atoms with Gasteiger partial charge in [-0.05, 0) is 33.2 Å². The number of piperidine rings is 1. The van der Waals surface area contributed by atoms with Crippen LogP contribution >= 0.6 is 0 Å². The Balaban J connectivity index is 2.15. The minimum absolute atomic E-state index is 0.235. The maximum absolute atomic E-state index is 9.38. The van der Waals surface area contributed by atoms with Crippen molar-refractivity contribution in [1.29, 1.82) is 5.26 Å². The van der Waals surface area contributed by atoms with E-state index in [1.807, 2.05) is 0 Å². The third-order valence-corrected chi connectivity index (χ3v) is 3.54. The van der Waals surface area contributed by atoms with Crippen LogP contribution < -0.4 is 5.32 Å². The molecule has 2 aliphatic heterocycles. The van der Waals surface area contributed by atoms with E-state index in [1.165, 1.54) is 13.0 Å². The lowest BCUT2D eigenvalue weighted by Gasteiger charge is -2.39. The zero-order valence-electron chi connectivity index (χ0n) is 9.08. The SMILES string of the molecule is CC(C)NC1(C#N)CCN2CCC1C2. The second-order valence-corrected chi connectivity index (χ2v) is 4.92. The molecule has 78 valence electrons.